The van der Waals surface area contributed by atoms with Gasteiger partial charge in [0.05, 0.1) is 0 Å². The third-order valence-electron chi connectivity index (χ3n) is 3.98. The predicted molar refractivity (Wildman–Crippen MR) is 96.5 cm³/mol. The number of hydrogen-bond donors (Lipinski definition) is 2. The van der Waals surface area contributed by atoms with Crippen LogP contribution < -0.4 is 0 Å². The zero-order valence-corrected chi connectivity index (χ0v) is 15.6. The Bertz CT molecular complexity index is 360. The summed E-state index contributed by atoms with van der Waals surface area (Å²) < 4.78 is 10.6. The molecule has 0 rings (SSSR count). The Morgan fingerprint density at radius 2 is 1.22 bits per heavy atom. The number of unbranched alkanes of at least 4 members (excludes halogenated alkanes) is 11. The van der Waals surface area contributed by atoms with E-state index in [1.54, 1.807) is 0 Å². The van der Waals surface area contributed by atoms with Gasteiger partial charge in [-0.25, -0.2) is 0 Å². The quantitative estimate of drug-likeness (QED) is 0.213. The Morgan fingerprint density at radius 1 is 0.783 bits per heavy atom. The number of allylic oxidation sites excluding steroid dienone is 2. The first-order valence-corrected chi connectivity index (χ1v) is 10.8. The highest BCUT2D eigenvalue weighted by molar-refractivity contribution is 7.70. The summed E-state index contributed by atoms with van der Waals surface area (Å²) in [6.07, 6.45) is 19.7. The largest absolute Gasteiger partial charge is 0.391 e. The molecule has 4 nitrogen and oxygen atoms in total. The molecule has 0 aliphatic rings. The van der Waals surface area contributed by atoms with Gasteiger partial charge < -0.3 is 9.79 Å². The third-order valence-corrected chi connectivity index (χ3v) is 4.85. The van der Waals surface area contributed by atoms with Crippen LogP contribution in [0.1, 0.15) is 96.8 Å². The molecular formula is C18H35O4P. The number of carbonyl (C=O) groups is 1. The monoisotopic (exact) mass is 346 g/mol. The van der Waals surface area contributed by atoms with Gasteiger partial charge in [-0.15, -0.1) is 0 Å². The molecule has 0 unspecified atom stereocenters. The van der Waals surface area contributed by atoms with Crippen molar-refractivity contribution >= 4 is 13.1 Å². The average Bonchev–Trinajstić information content (AvgIpc) is 2.50. The van der Waals surface area contributed by atoms with E-state index in [0.717, 1.165) is 32.1 Å². The summed E-state index contributed by atoms with van der Waals surface area (Å²) in [6, 6.07) is 0. The van der Waals surface area contributed by atoms with Crippen molar-refractivity contribution in [2.24, 2.45) is 0 Å². The second kappa shape index (κ2) is 15.1. The van der Waals surface area contributed by atoms with Gasteiger partial charge >= 0.3 is 7.60 Å². The molecular weight excluding hydrogens is 311 g/mol. The SMILES string of the molecule is CCCCCCCC/C=C\CCCCCCCC(=O)P(=O)(O)O. The van der Waals surface area contributed by atoms with Gasteiger partial charge in [-0.05, 0) is 32.1 Å². The highest BCUT2D eigenvalue weighted by Crippen LogP contribution is 2.37. The Morgan fingerprint density at radius 3 is 1.70 bits per heavy atom. The minimum Gasteiger partial charge on any atom is -0.319 e. The second-order valence-electron chi connectivity index (χ2n) is 6.27. The van der Waals surface area contributed by atoms with E-state index in [1.807, 2.05) is 0 Å². The van der Waals surface area contributed by atoms with Crippen LogP contribution in [0.3, 0.4) is 0 Å². The molecule has 0 saturated carbocycles. The average molecular weight is 346 g/mol. The Hall–Kier alpha value is -0.440. The van der Waals surface area contributed by atoms with Crippen LogP contribution in [0.15, 0.2) is 12.2 Å². The fraction of sp³-hybridized carbons (Fsp3) is 0.833. The molecule has 5 heteroatoms. The van der Waals surface area contributed by atoms with Crippen molar-refractivity contribution < 1.29 is 19.1 Å². The molecule has 0 aromatic rings. The first-order chi connectivity index (χ1) is 11.0. The van der Waals surface area contributed by atoms with Crippen LogP contribution in [0.25, 0.3) is 0 Å². The van der Waals surface area contributed by atoms with Crippen molar-refractivity contribution in [3.63, 3.8) is 0 Å². The molecule has 0 fully saturated rings. The normalized spacial score (nSPS) is 12.1. The smallest absolute Gasteiger partial charge is 0.319 e. The zero-order chi connectivity index (χ0) is 17.4. The molecule has 0 amide bonds. The number of carbonyl (C=O) groups excluding carboxylic acids is 1. The molecule has 0 aromatic heterocycles. The van der Waals surface area contributed by atoms with Crippen molar-refractivity contribution in [2.45, 2.75) is 96.8 Å². The highest BCUT2D eigenvalue weighted by Gasteiger charge is 2.24. The van der Waals surface area contributed by atoms with Crippen LogP contribution in [0.2, 0.25) is 0 Å². The summed E-state index contributed by atoms with van der Waals surface area (Å²) in [5.74, 6) is 0. The Labute approximate surface area is 141 Å². The molecule has 2 N–H and O–H groups in total. The van der Waals surface area contributed by atoms with Gasteiger partial charge in [0.25, 0.3) is 0 Å². The van der Waals surface area contributed by atoms with E-state index in [0.29, 0.717) is 6.42 Å². The van der Waals surface area contributed by atoms with E-state index in [9.17, 15) is 9.36 Å². The number of hydrogen-bond acceptors (Lipinski definition) is 2. The lowest BCUT2D eigenvalue weighted by Gasteiger charge is -2.02. The van der Waals surface area contributed by atoms with Gasteiger partial charge in [0, 0.05) is 6.42 Å². The Kier molecular flexibility index (Phi) is 14.8. The van der Waals surface area contributed by atoms with Gasteiger partial charge in [0.2, 0.25) is 5.52 Å². The summed E-state index contributed by atoms with van der Waals surface area (Å²) in [5.41, 5.74) is -0.921. The molecule has 0 spiro atoms. The lowest BCUT2D eigenvalue weighted by atomic mass is 10.1. The summed E-state index contributed by atoms with van der Waals surface area (Å²) in [6.45, 7) is 2.24. The van der Waals surface area contributed by atoms with Crippen LogP contribution >= 0.6 is 7.60 Å². The van der Waals surface area contributed by atoms with E-state index in [2.05, 4.69) is 19.1 Å². The summed E-state index contributed by atoms with van der Waals surface area (Å²) in [7, 11) is -4.49. The number of rotatable bonds is 16. The van der Waals surface area contributed by atoms with E-state index >= 15 is 0 Å². The molecule has 0 atom stereocenters. The van der Waals surface area contributed by atoms with Crippen LogP contribution in [0.5, 0.6) is 0 Å². The maximum Gasteiger partial charge on any atom is 0.391 e. The van der Waals surface area contributed by atoms with E-state index in [1.165, 1.54) is 44.9 Å². The standard InChI is InChI=1S/C18H35O4P/c1-2-3-4-5-6-7-8-9-10-11-12-13-14-15-16-17-18(19)23(20,21)22/h9-10H,2-8,11-17H2,1H3,(H2,20,21,22)/b10-9-. The third kappa shape index (κ3) is 16.2. The summed E-state index contributed by atoms with van der Waals surface area (Å²) in [4.78, 5) is 28.3. The molecule has 0 aliphatic heterocycles. The zero-order valence-electron chi connectivity index (χ0n) is 14.7. The van der Waals surface area contributed by atoms with Crippen molar-refractivity contribution in [2.75, 3.05) is 0 Å². The lowest BCUT2D eigenvalue weighted by Crippen LogP contribution is -1.98. The Balaban J connectivity index is 3.25. The molecule has 0 heterocycles. The van der Waals surface area contributed by atoms with Gasteiger partial charge in [0.1, 0.15) is 0 Å². The van der Waals surface area contributed by atoms with Crippen molar-refractivity contribution in [1.29, 1.82) is 0 Å². The van der Waals surface area contributed by atoms with Crippen LogP contribution in [-0.4, -0.2) is 15.3 Å². The fourth-order valence-corrected chi connectivity index (χ4v) is 2.94. The predicted octanol–water partition coefficient (Wildman–Crippen LogP) is 5.73. The molecule has 23 heavy (non-hydrogen) atoms. The topological polar surface area (TPSA) is 74.6 Å². The second-order valence-corrected chi connectivity index (χ2v) is 7.86. The van der Waals surface area contributed by atoms with Gasteiger partial charge in [-0.3, -0.25) is 9.36 Å². The first-order valence-electron chi connectivity index (χ1n) is 9.22. The lowest BCUT2D eigenvalue weighted by molar-refractivity contribution is -0.113. The molecule has 0 saturated heterocycles. The fourth-order valence-electron chi connectivity index (χ4n) is 2.49. The van der Waals surface area contributed by atoms with Crippen LogP contribution in [-0.2, 0) is 9.36 Å². The van der Waals surface area contributed by atoms with E-state index in [-0.39, 0.29) is 6.42 Å². The molecule has 0 radical (unpaired) electrons. The van der Waals surface area contributed by atoms with Crippen molar-refractivity contribution in [1.82, 2.24) is 0 Å². The van der Waals surface area contributed by atoms with Gasteiger partial charge in [-0.1, -0.05) is 70.4 Å². The minimum absolute atomic E-state index is 0.00242. The summed E-state index contributed by atoms with van der Waals surface area (Å²) >= 11 is 0. The van der Waals surface area contributed by atoms with Gasteiger partial charge in [0.15, 0.2) is 0 Å². The van der Waals surface area contributed by atoms with Crippen LogP contribution in [0.4, 0.5) is 0 Å². The maximum atomic E-state index is 11.0. The van der Waals surface area contributed by atoms with Crippen LogP contribution in [0, 0.1) is 0 Å². The van der Waals surface area contributed by atoms with Gasteiger partial charge in [-0.2, -0.15) is 0 Å². The highest BCUT2D eigenvalue weighted by atomic mass is 31.2. The van der Waals surface area contributed by atoms with E-state index in [4.69, 9.17) is 9.79 Å². The first kappa shape index (κ1) is 22.6. The van der Waals surface area contributed by atoms with Crippen molar-refractivity contribution in [3.8, 4) is 0 Å². The molecule has 0 aliphatic carbocycles. The maximum absolute atomic E-state index is 11.0. The molecule has 0 bridgehead atoms. The van der Waals surface area contributed by atoms with E-state index < -0.39 is 13.1 Å². The molecule has 136 valence electrons. The van der Waals surface area contributed by atoms with Crippen molar-refractivity contribution in [3.05, 3.63) is 12.2 Å². The molecule has 0 aromatic carbocycles. The minimum atomic E-state index is -4.49. The summed E-state index contributed by atoms with van der Waals surface area (Å²) in [5, 5.41) is 0.